The molecule has 1 aliphatic heterocycles. The molecule has 0 bridgehead atoms. The van der Waals surface area contributed by atoms with Gasteiger partial charge in [-0.15, -0.1) is 11.3 Å². The van der Waals surface area contributed by atoms with Crippen LogP contribution in [0.2, 0.25) is 0 Å². The third-order valence-corrected chi connectivity index (χ3v) is 5.94. The van der Waals surface area contributed by atoms with Crippen molar-refractivity contribution in [1.29, 1.82) is 0 Å². The highest BCUT2D eigenvalue weighted by molar-refractivity contribution is 7.09. The molecule has 4 rings (SSSR count). The number of hydrogen-bond acceptors (Lipinski definition) is 4. The number of thiophene rings is 1. The van der Waals surface area contributed by atoms with Crippen LogP contribution in [0.1, 0.15) is 28.8 Å². The van der Waals surface area contributed by atoms with Crippen LogP contribution in [-0.2, 0) is 13.1 Å². The second kappa shape index (κ2) is 8.16. The number of nitrogens with zero attached hydrogens (tertiary/aromatic N) is 3. The zero-order chi connectivity index (χ0) is 17.8. The van der Waals surface area contributed by atoms with Crippen molar-refractivity contribution in [2.45, 2.75) is 38.9 Å². The standard InChI is InChI=1S/C21H26N4S/c1-17-4-6-20(7-5-17)25-15-18(14-23-25)13-22-19-8-10-24(11-9-19)16-21-3-2-12-26-21/h2-7,12,14-15,19,22H,8-11,13,16H2,1H3. The van der Waals surface area contributed by atoms with Crippen LogP contribution in [0.15, 0.2) is 54.2 Å². The van der Waals surface area contributed by atoms with E-state index in [4.69, 9.17) is 0 Å². The summed E-state index contributed by atoms with van der Waals surface area (Å²) in [6.45, 7) is 6.46. The van der Waals surface area contributed by atoms with Crippen molar-refractivity contribution in [1.82, 2.24) is 20.0 Å². The number of piperidine rings is 1. The van der Waals surface area contributed by atoms with E-state index < -0.39 is 0 Å². The lowest BCUT2D eigenvalue weighted by atomic mass is 10.0. The van der Waals surface area contributed by atoms with Crippen molar-refractivity contribution in [2.75, 3.05) is 13.1 Å². The highest BCUT2D eigenvalue weighted by Crippen LogP contribution is 2.17. The SMILES string of the molecule is Cc1ccc(-n2cc(CNC3CCN(Cc4cccs4)CC3)cn2)cc1. The average molecular weight is 367 g/mol. The summed E-state index contributed by atoms with van der Waals surface area (Å²) in [5.41, 5.74) is 3.63. The Hall–Kier alpha value is -1.95. The first kappa shape index (κ1) is 17.5. The van der Waals surface area contributed by atoms with Crippen molar-refractivity contribution in [3.05, 3.63) is 70.2 Å². The van der Waals surface area contributed by atoms with Crippen LogP contribution in [0.4, 0.5) is 0 Å². The minimum absolute atomic E-state index is 0.609. The normalized spacial score (nSPS) is 16.2. The number of aryl methyl sites for hydroxylation is 1. The Bertz CT molecular complexity index is 799. The summed E-state index contributed by atoms with van der Waals surface area (Å²) in [5, 5.41) is 10.4. The van der Waals surface area contributed by atoms with Crippen molar-refractivity contribution < 1.29 is 0 Å². The topological polar surface area (TPSA) is 33.1 Å². The van der Waals surface area contributed by atoms with Gasteiger partial charge in [-0.3, -0.25) is 4.90 Å². The molecule has 1 aliphatic rings. The summed E-state index contributed by atoms with van der Waals surface area (Å²) in [5.74, 6) is 0. The summed E-state index contributed by atoms with van der Waals surface area (Å²) in [6.07, 6.45) is 6.54. The van der Waals surface area contributed by atoms with Gasteiger partial charge in [-0.2, -0.15) is 5.10 Å². The fourth-order valence-corrected chi connectivity index (χ4v) is 4.22. The monoisotopic (exact) mass is 366 g/mol. The zero-order valence-corrected chi connectivity index (χ0v) is 16.1. The molecule has 1 saturated heterocycles. The molecule has 1 aromatic carbocycles. The fourth-order valence-electron chi connectivity index (χ4n) is 3.47. The van der Waals surface area contributed by atoms with E-state index >= 15 is 0 Å². The van der Waals surface area contributed by atoms with Gasteiger partial charge in [-0.05, 0) is 56.4 Å². The van der Waals surface area contributed by atoms with Gasteiger partial charge in [0.15, 0.2) is 0 Å². The molecule has 0 atom stereocenters. The van der Waals surface area contributed by atoms with E-state index in [9.17, 15) is 0 Å². The molecule has 4 nitrogen and oxygen atoms in total. The summed E-state index contributed by atoms with van der Waals surface area (Å²) in [6, 6.07) is 13.5. The molecule has 0 spiro atoms. The molecule has 0 saturated carbocycles. The molecule has 0 radical (unpaired) electrons. The quantitative estimate of drug-likeness (QED) is 0.716. The van der Waals surface area contributed by atoms with Gasteiger partial charge < -0.3 is 5.32 Å². The number of aromatic nitrogens is 2. The van der Waals surface area contributed by atoms with E-state index in [1.807, 2.05) is 22.2 Å². The van der Waals surface area contributed by atoms with Gasteiger partial charge in [-0.1, -0.05) is 23.8 Å². The number of likely N-dealkylation sites (tertiary alicyclic amines) is 1. The maximum atomic E-state index is 4.50. The molecule has 26 heavy (non-hydrogen) atoms. The van der Waals surface area contributed by atoms with E-state index in [1.54, 1.807) is 0 Å². The number of benzene rings is 1. The Balaban J connectivity index is 1.24. The molecule has 1 fully saturated rings. The van der Waals surface area contributed by atoms with E-state index in [1.165, 1.54) is 41.9 Å². The lowest BCUT2D eigenvalue weighted by molar-refractivity contribution is 0.191. The summed E-state index contributed by atoms with van der Waals surface area (Å²) >= 11 is 1.86. The maximum absolute atomic E-state index is 4.50. The number of nitrogens with one attached hydrogen (secondary N) is 1. The van der Waals surface area contributed by atoms with E-state index in [2.05, 4.69) is 70.2 Å². The molecule has 2 aromatic heterocycles. The minimum Gasteiger partial charge on any atom is -0.310 e. The van der Waals surface area contributed by atoms with Crippen LogP contribution in [-0.4, -0.2) is 33.8 Å². The summed E-state index contributed by atoms with van der Waals surface area (Å²) < 4.78 is 1.96. The van der Waals surface area contributed by atoms with Crippen molar-refractivity contribution in [2.24, 2.45) is 0 Å². The van der Waals surface area contributed by atoms with Crippen LogP contribution in [0.5, 0.6) is 0 Å². The van der Waals surface area contributed by atoms with Crippen LogP contribution in [0.3, 0.4) is 0 Å². The van der Waals surface area contributed by atoms with Gasteiger partial charge in [-0.25, -0.2) is 4.68 Å². The fraction of sp³-hybridized carbons (Fsp3) is 0.381. The molecule has 3 heterocycles. The third kappa shape index (κ3) is 4.41. The Morgan fingerprint density at radius 1 is 1.15 bits per heavy atom. The van der Waals surface area contributed by atoms with Crippen LogP contribution < -0.4 is 5.32 Å². The van der Waals surface area contributed by atoms with Gasteiger partial charge in [0.1, 0.15) is 0 Å². The Kier molecular flexibility index (Phi) is 5.48. The van der Waals surface area contributed by atoms with Crippen LogP contribution >= 0.6 is 11.3 Å². The molecule has 5 heteroatoms. The Labute approximate surface area is 159 Å². The second-order valence-corrected chi connectivity index (χ2v) is 8.17. The number of hydrogen-bond donors (Lipinski definition) is 1. The first-order valence-corrected chi connectivity index (χ1v) is 10.2. The summed E-state index contributed by atoms with van der Waals surface area (Å²) in [4.78, 5) is 4.04. The van der Waals surface area contributed by atoms with Crippen LogP contribution in [0.25, 0.3) is 5.69 Å². The maximum Gasteiger partial charge on any atom is 0.0645 e. The van der Waals surface area contributed by atoms with Crippen molar-refractivity contribution >= 4 is 11.3 Å². The average Bonchev–Trinajstić information content (AvgIpc) is 3.34. The van der Waals surface area contributed by atoms with Gasteiger partial charge in [0.05, 0.1) is 11.9 Å². The van der Waals surface area contributed by atoms with E-state index in [-0.39, 0.29) is 0 Å². The minimum atomic E-state index is 0.609. The molecular formula is C21H26N4S. The molecule has 0 aliphatic carbocycles. The largest absolute Gasteiger partial charge is 0.310 e. The highest BCUT2D eigenvalue weighted by atomic mass is 32.1. The molecule has 0 unspecified atom stereocenters. The lowest BCUT2D eigenvalue weighted by Gasteiger charge is -2.32. The third-order valence-electron chi connectivity index (χ3n) is 5.08. The zero-order valence-electron chi connectivity index (χ0n) is 15.3. The van der Waals surface area contributed by atoms with Crippen LogP contribution in [0, 0.1) is 6.92 Å². The first-order valence-electron chi connectivity index (χ1n) is 9.35. The van der Waals surface area contributed by atoms with Crippen molar-refractivity contribution in [3.63, 3.8) is 0 Å². The van der Waals surface area contributed by atoms with Gasteiger partial charge in [0.25, 0.3) is 0 Å². The lowest BCUT2D eigenvalue weighted by Crippen LogP contribution is -2.41. The molecular weight excluding hydrogens is 340 g/mol. The highest BCUT2D eigenvalue weighted by Gasteiger charge is 2.19. The van der Waals surface area contributed by atoms with Gasteiger partial charge in [0.2, 0.25) is 0 Å². The molecule has 3 aromatic rings. The van der Waals surface area contributed by atoms with E-state index in [0.29, 0.717) is 6.04 Å². The molecule has 1 N–H and O–H groups in total. The van der Waals surface area contributed by atoms with Gasteiger partial charge in [0, 0.05) is 35.8 Å². The Morgan fingerprint density at radius 2 is 1.96 bits per heavy atom. The predicted molar refractivity (Wildman–Crippen MR) is 108 cm³/mol. The van der Waals surface area contributed by atoms with Gasteiger partial charge >= 0.3 is 0 Å². The smallest absolute Gasteiger partial charge is 0.0645 e. The predicted octanol–water partition coefficient (Wildman–Crippen LogP) is 4.00. The number of rotatable bonds is 6. The molecule has 0 amide bonds. The molecule has 136 valence electrons. The van der Waals surface area contributed by atoms with Crippen molar-refractivity contribution in [3.8, 4) is 5.69 Å². The van der Waals surface area contributed by atoms with E-state index in [0.717, 1.165) is 18.8 Å². The second-order valence-electron chi connectivity index (χ2n) is 7.14. The first-order chi connectivity index (χ1) is 12.8. The summed E-state index contributed by atoms with van der Waals surface area (Å²) in [7, 11) is 0. The Morgan fingerprint density at radius 3 is 2.69 bits per heavy atom.